The fraction of sp³-hybridized carbons (Fsp3) is 0.250. The Labute approximate surface area is 88.6 Å². The molecule has 2 heterocycles. The molecule has 3 heteroatoms. The fourth-order valence-corrected chi connectivity index (χ4v) is 2.19. The van der Waals surface area contributed by atoms with Crippen LogP contribution < -0.4 is 5.73 Å². The number of fused-ring (bicyclic) bond motifs is 3. The largest absolute Gasteiger partial charge is 0.399 e. The van der Waals surface area contributed by atoms with Gasteiger partial charge in [0.15, 0.2) is 0 Å². The number of nitrogens with two attached hydrogens (primary N) is 1. The maximum absolute atomic E-state index is 5.83. The number of nitrogen functional groups attached to an aromatic ring is 1. The first-order chi connectivity index (χ1) is 7.34. The van der Waals surface area contributed by atoms with Crippen molar-refractivity contribution in [2.45, 2.75) is 19.3 Å². The molecule has 0 amide bonds. The van der Waals surface area contributed by atoms with E-state index < -0.39 is 0 Å². The molecular weight excluding hydrogens is 186 g/mol. The second-order valence-corrected chi connectivity index (χ2v) is 3.96. The van der Waals surface area contributed by atoms with Crippen molar-refractivity contribution in [1.82, 2.24) is 9.55 Å². The summed E-state index contributed by atoms with van der Waals surface area (Å²) in [6.45, 7) is 0. The Morgan fingerprint density at radius 3 is 3.13 bits per heavy atom. The zero-order valence-corrected chi connectivity index (χ0v) is 8.48. The minimum absolute atomic E-state index is 0.815. The number of hydrogen-bond acceptors (Lipinski definition) is 2. The average molecular weight is 199 g/mol. The van der Waals surface area contributed by atoms with Crippen molar-refractivity contribution in [3.63, 3.8) is 0 Å². The van der Waals surface area contributed by atoms with Gasteiger partial charge in [-0.3, -0.25) is 0 Å². The summed E-state index contributed by atoms with van der Waals surface area (Å²) in [6.07, 6.45) is 7.18. The average Bonchev–Trinajstić information content (AvgIpc) is 2.62. The van der Waals surface area contributed by atoms with Crippen LogP contribution in [-0.2, 0) is 12.8 Å². The Hall–Kier alpha value is -1.77. The summed E-state index contributed by atoms with van der Waals surface area (Å²) >= 11 is 0. The third-order valence-corrected chi connectivity index (χ3v) is 2.93. The van der Waals surface area contributed by atoms with Gasteiger partial charge in [-0.25, -0.2) is 4.98 Å². The molecule has 0 bridgehead atoms. The normalized spacial score (nSPS) is 14.1. The zero-order chi connectivity index (χ0) is 10.3. The van der Waals surface area contributed by atoms with E-state index in [1.165, 1.54) is 11.3 Å². The molecule has 3 rings (SSSR count). The third kappa shape index (κ3) is 1.31. The quantitative estimate of drug-likeness (QED) is 0.659. The molecule has 1 aromatic carbocycles. The smallest absolute Gasteiger partial charge is 0.113 e. The summed E-state index contributed by atoms with van der Waals surface area (Å²) < 4.78 is 2.15. The van der Waals surface area contributed by atoms with Crippen molar-refractivity contribution in [3.05, 3.63) is 42.0 Å². The highest BCUT2D eigenvalue weighted by atomic mass is 15.1. The SMILES string of the molecule is Nc1ccc2c(c1)-n1ccnc1CCC2. The topological polar surface area (TPSA) is 43.8 Å². The predicted molar refractivity (Wildman–Crippen MR) is 60.0 cm³/mol. The minimum atomic E-state index is 0.815. The molecule has 1 aliphatic rings. The van der Waals surface area contributed by atoms with Crippen LogP contribution in [0, 0.1) is 0 Å². The first kappa shape index (κ1) is 8.53. The lowest BCUT2D eigenvalue weighted by Crippen LogP contribution is -2.00. The van der Waals surface area contributed by atoms with Crippen LogP contribution in [0.5, 0.6) is 0 Å². The highest BCUT2D eigenvalue weighted by Crippen LogP contribution is 2.24. The number of benzene rings is 1. The number of aromatic nitrogens is 2. The Morgan fingerprint density at radius 2 is 2.20 bits per heavy atom. The van der Waals surface area contributed by atoms with Crippen LogP contribution in [0.2, 0.25) is 0 Å². The Balaban J connectivity index is 2.27. The van der Waals surface area contributed by atoms with Crippen LogP contribution in [0.15, 0.2) is 30.6 Å². The summed E-state index contributed by atoms with van der Waals surface area (Å²) in [7, 11) is 0. The summed E-state index contributed by atoms with van der Waals surface area (Å²) in [6, 6.07) is 6.13. The molecule has 0 fully saturated rings. The van der Waals surface area contributed by atoms with Gasteiger partial charge in [-0.1, -0.05) is 6.07 Å². The second-order valence-electron chi connectivity index (χ2n) is 3.96. The minimum Gasteiger partial charge on any atom is -0.399 e. The van der Waals surface area contributed by atoms with Crippen LogP contribution in [0.4, 0.5) is 5.69 Å². The molecule has 2 aromatic rings. The molecule has 0 radical (unpaired) electrons. The molecular formula is C12H13N3. The fourth-order valence-electron chi connectivity index (χ4n) is 2.19. The highest BCUT2D eigenvalue weighted by Gasteiger charge is 2.13. The van der Waals surface area contributed by atoms with Gasteiger partial charge in [0.25, 0.3) is 0 Å². The zero-order valence-electron chi connectivity index (χ0n) is 8.48. The van der Waals surface area contributed by atoms with Crippen molar-refractivity contribution in [1.29, 1.82) is 0 Å². The molecule has 15 heavy (non-hydrogen) atoms. The predicted octanol–water partition coefficient (Wildman–Crippen LogP) is 1.94. The van der Waals surface area contributed by atoms with E-state index in [4.69, 9.17) is 5.73 Å². The van der Waals surface area contributed by atoms with Gasteiger partial charge in [-0.2, -0.15) is 0 Å². The lowest BCUT2D eigenvalue weighted by atomic mass is 10.1. The van der Waals surface area contributed by atoms with Crippen LogP contribution in [-0.4, -0.2) is 9.55 Å². The summed E-state index contributed by atoms with van der Waals surface area (Å²) in [4.78, 5) is 4.37. The molecule has 3 nitrogen and oxygen atoms in total. The molecule has 1 aromatic heterocycles. The van der Waals surface area contributed by atoms with Gasteiger partial charge in [0.05, 0.1) is 5.69 Å². The van der Waals surface area contributed by atoms with Gasteiger partial charge in [-0.05, 0) is 30.5 Å². The molecule has 0 atom stereocenters. The van der Waals surface area contributed by atoms with E-state index in [2.05, 4.69) is 15.6 Å². The first-order valence-corrected chi connectivity index (χ1v) is 5.25. The van der Waals surface area contributed by atoms with E-state index in [9.17, 15) is 0 Å². The van der Waals surface area contributed by atoms with Gasteiger partial charge >= 0.3 is 0 Å². The van der Waals surface area contributed by atoms with Crippen LogP contribution in [0.25, 0.3) is 5.69 Å². The molecule has 0 aliphatic carbocycles. The third-order valence-electron chi connectivity index (χ3n) is 2.93. The van der Waals surface area contributed by atoms with Crippen molar-refractivity contribution in [2.24, 2.45) is 0 Å². The summed E-state index contributed by atoms with van der Waals surface area (Å²) in [5, 5.41) is 0. The molecule has 0 unspecified atom stereocenters. The standard InChI is InChI=1S/C12H13N3/c13-10-5-4-9-2-1-3-12-14-6-7-15(12)11(9)8-10/h4-8H,1-3,13H2. The van der Waals surface area contributed by atoms with Crippen molar-refractivity contribution in [3.8, 4) is 5.69 Å². The molecule has 0 saturated carbocycles. The molecule has 1 aliphatic heterocycles. The van der Waals surface area contributed by atoms with Crippen molar-refractivity contribution < 1.29 is 0 Å². The second kappa shape index (κ2) is 3.12. The first-order valence-electron chi connectivity index (χ1n) is 5.25. The number of anilines is 1. The van der Waals surface area contributed by atoms with Crippen molar-refractivity contribution >= 4 is 5.69 Å². The monoisotopic (exact) mass is 199 g/mol. The van der Waals surface area contributed by atoms with Crippen molar-refractivity contribution in [2.75, 3.05) is 5.73 Å². The van der Waals surface area contributed by atoms with Gasteiger partial charge in [0.1, 0.15) is 5.82 Å². The van der Waals surface area contributed by atoms with Gasteiger partial charge in [-0.15, -0.1) is 0 Å². The maximum Gasteiger partial charge on any atom is 0.113 e. The lowest BCUT2D eigenvalue weighted by Gasteiger charge is -2.09. The van der Waals surface area contributed by atoms with Gasteiger partial charge in [0.2, 0.25) is 0 Å². The van der Waals surface area contributed by atoms with Gasteiger partial charge in [0, 0.05) is 24.5 Å². The number of aryl methyl sites for hydroxylation is 2. The summed E-state index contributed by atoms with van der Waals surface area (Å²) in [5.41, 5.74) is 9.20. The van der Waals surface area contributed by atoms with E-state index in [1.54, 1.807) is 0 Å². The van der Waals surface area contributed by atoms with Crippen LogP contribution in [0.1, 0.15) is 17.8 Å². The van der Waals surface area contributed by atoms with E-state index in [0.29, 0.717) is 0 Å². The molecule has 2 N–H and O–H groups in total. The number of rotatable bonds is 0. The summed E-state index contributed by atoms with van der Waals surface area (Å²) in [5.74, 6) is 1.14. The Morgan fingerprint density at radius 1 is 1.27 bits per heavy atom. The lowest BCUT2D eigenvalue weighted by molar-refractivity contribution is 0.790. The number of imidazole rings is 1. The Kier molecular flexibility index (Phi) is 1.78. The molecule has 76 valence electrons. The molecule has 0 saturated heterocycles. The van der Waals surface area contributed by atoms with Crippen LogP contribution in [0.3, 0.4) is 0 Å². The van der Waals surface area contributed by atoms with Crippen LogP contribution >= 0.6 is 0 Å². The Bertz CT molecular complexity index is 499. The van der Waals surface area contributed by atoms with E-state index in [1.807, 2.05) is 24.5 Å². The molecule has 0 spiro atoms. The number of hydrogen-bond donors (Lipinski definition) is 1. The maximum atomic E-state index is 5.83. The van der Waals surface area contributed by atoms with E-state index >= 15 is 0 Å². The highest BCUT2D eigenvalue weighted by molar-refractivity contribution is 5.53. The number of nitrogens with zero attached hydrogens (tertiary/aromatic N) is 2. The van der Waals surface area contributed by atoms with E-state index in [-0.39, 0.29) is 0 Å². The van der Waals surface area contributed by atoms with E-state index in [0.717, 1.165) is 30.8 Å². The van der Waals surface area contributed by atoms with Gasteiger partial charge < -0.3 is 10.3 Å².